The van der Waals surface area contributed by atoms with Gasteiger partial charge in [0.15, 0.2) is 0 Å². The minimum atomic E-state index is -3.89. The highest BCUT2D eigenvalue weighted by Crippen LogP contribution is 2.25. The third-order valence-corrected chi connectivity index (χ3v) is 8.14. The molecule has 0 fully saturated rings. The molecule has 3 rings (SSSR count). The highest BCUT2D eigenvalue weighted by molar-refractivity contribution is 9.10. The summed E-state index contributed by atoms with van der Waals surface area (Å²) in [6.45, 7) is 4.65. The van der Waals surface area contributed by atoms with Crippen molar-refractivity contribution in [3.8, 4) is 0 Å². The van der Waals surface area contributed by atoms with E-state index in [1.807, 2.05) is 51.1 Å². The summed E-state index contributed by atoms with van der Waals surface area (Å²) in [5.74, 6) is -1.57. The van der Waals surface area contributed by atoms with Gasteiger partial charge in [-0.3, -0.25) is 13.9 Å². The van der Waals surface area contributed by atoms with E-state index in [2.05, 4.69) is 21.2 Å². The topological polar surface area (TPSA) is 86.8 Å². The second-order valence-electron chi connectivity index (χ2n) is 9.68. The molecule has 2 amide bonds. The first-order valence-electron chi connectivity index (χ1n) is 12.5. The lowest BCUT2D eigenvalue weighted by Gasteiger charge is -2.34. The molecule has 0 aliphatic rings. The molecular weight excluding hydrogens is 585 g/mol. The number of nitrogens with zero attached hydrogens (tertiary/aromatic N) is 2. The Bertz CT molecular complexity index is 1420. The van der Waals surface area contributed by atoms with E-state index in [1.54, 1.807) is 36.4 Å². The van der Waals surface area contributed by atoms with Gasteiger partial charge in [0.05, 0.1) is 11.9 Å². The summed E-state index contributed by atoms with van der Waals surface area (Å²) in [6, 6.07) is 18.9. The lowest BCUT2D eigenvalue weighted by Crippen LogP contribution is -2.54. The maximum absolute atomic E-state index is 14.8. The predicted molar refractivity (Wildman–Crippen MR) is 155 cm³/mol. The van der Waals surface area contributed by atoms with Crippen LogP contribution in [-0.2, 0) is 32.6 Å². The number of hydrogen-bond acceptors (Lipinski definition) is 4. The Morgan fingerprint density at radius 1 is 1.00 bits per heavy atom. The molecule has 10 heteroatoms. The number of anilines is 1. The van der Waals surface area contributed by atoms with E-state index in [1.165, 1.54) is 11.0 Å². The van der Waals surface area contributed by atoms with Crippen LogP contribution >= 0.6 is 15.9 Å². The Morgan fingerprint density at radius 3 is 2.23 bits per heavy atom. The summed E-state index contributed by atoms with van der Waals surface area (Å²) < 4.78 is 42.2. The van der Waals surface area contributed by atoms with Crippen molar-refractivity contribution in [2.45, 2.75) is 45.8 Å². The number of aryl methyl sites for hydroxylation is 1. The van der Waals surface area contributed by atoms with Crippen LogP contribution in [0.1, 0.15) is 30.5 Å². The predicted octanol–water partition coefficient (Wildman–Crippen LogP) is 4.83. The molecule has 1 N–H and O–H groups in total. The number of halogens is 2. The highest BCUT2D eigenvalue weighted by atomic mass is 79.9. The Labute approximate surface area is 238 Å². The minimum Gasteiger partial charge on any atom is -0.352 e. The third-order valence-electron chi connectivity index (χ3n) is 6.11. The summed E-state index contributed by atoms with van der Waals surface area (Å²) in [7, 11) is -3.89. The molecule has 0 saturated carbocycles. The number of benzene rings is 3. The lowest BCUT2D eigenvalue weighted by atomic mass is 10.0. The van der Waals surface area contributed by atoms with Crippen LogP contribution in [0, 0.1) is 12.7 Å². The van der Waals surface area contributed by atoms with E-state index in [9.17, 15) is 22.4 Å². The zero-order valence-electron chi connectivity index (χ0n) is 22.4. The largest absolute Gasteiger partial charge is 0.352 e. The quantitative estimate of drug-likeness (QED) is 0.334. The standard InChI is InChI=1S/C29H33BrFN3O4S/c1-20(2)32-29(36)27(17-22-10-6-5-7-11-22)33(18-23-12-8-9-13-26(23)31)28(35)19-34(39(4,37)38)24-14-15-25(30)21(3)16-24/h5-16,20,27H,17-19H2,1-4H3,(H,32,36). The van der Waals surface area contributed by atoms with Crippen molar-refractivity contribution >= 4 is 43.5 Å². The zero-order chi connectivity index (χ0) is 28.7. The lowest BCUT2D eigenvalue weighted by molar-refractivity contribution is -0.140. The molecule has 39 heavy (non-hydrogen) atoms. The van der Waals surface area contributed by atoms with Gasteiger partial charge >= 0.3 is 0 Å². The van der Waals surface area contributed by atoms with Crippen molar-refractivity contribution in [3.05, 3.63) is 99.8 Å². The Balaban J connectivity index is 2.08. The number of carbonyl (C=O) groups excluding carboxylic acids is 2. The van der Waals surface area contributed by atoms with Crippen LogP contribution in [0.2, 0.25) is 0 Å². The summed E-state index contributed by atoms with van der Waals surface area (Å²) in [4.78, 5) is 28.7. The number of carbonyl (C=O) groups is 2. The molecule has 3 aromatic rings. The number of amides is 2. The van der Waals surface area contributed by atoms with Gasteiger partial charge in [-0.25, -0.2) is 12.8 Å². The fourth-order valence-electron chi connectivity index (χ4n) is 4.14. The molecule has 1 atom stereocenters. The van der Waals surface area contributed by atoms with Crippen LogP contribution < -0.4 is 9.62 Å². The molecular formula is C29H33BrFN3O4S. The highest BCUT2D eigenvalue weighted by Gasteiger charge is 2.33. The Kier molecular flexibility index (Phi) is 10.3. The van der Waals surface area contributed by atoms with Gasteiger partial charge < -0.3 is 10.2 Å². The fraction of sp³-hybridized carbons (Fsp3) is 0.310. The molecule has 0 saturated heterocycles. The first kappa shape index (κ1) is 30.3. The summed E-state index contributed by atoms with van der Waals surface area (Å²) in [6.07, 6.45) is 1.18. The van der Waals surface area contributed by atoms with Gasteiger partial charge in [0.1, 0.15) is 18.4 Å². The minimum absolute atomic E-state index is 0.163. The SMILES string of the molecule is Cc1cc(N(CC(=O)N(Cc2ccccc2F)C(Cc2ccccc2)C(=O)NC(C)C)S(C)(=O)=O)ccc1Br. The molecule has 208 valence electrons. The van der Waals surface area contributed by atoms with Crippen LogP contribution in [0.3, 0.4) is 0 Å². The smallest absolute Gasteiger partial charge is 0.244 e. The Morgan fingerprint density at radius 2 is 1.64 bits per heavy atom. The van der Waals surface area contributed by atoms with Crippen LogP contribution in [0.25, 0.3) is 0 Å². The second kappa shape index (κ2) is 13.2. The molecule has 0 aliphatic carbocycles. The molecule has 0 spiro atoms. The number of nitrogens with one attached hydrogen (secondary N) is 1. The molecule has 0 radical (unpaired) electrons. The molecule has 3 aromatic carbocycles. The van der Waals surface area contributed by atoms with E-state index in [0.29, 0.717) is 5.69 Å². The van der Waals surface area contributed by atoms with Crippen molar-refractivity contribution in [1.82, 2.24) is 10.2 Å². The van der Waals surface area contributed by atoms with Crippen LogP contribution in [0.15, 0.2) is 77.3 Å². The van der Waals surface area contributed by atoms with E-state index in [4.69, 9.17) is 0 Å². The van der Waals surface area contributed by atoms with Gasteiger partial charge in [-0.15, -0.1) is 0 Å². The van der Waals surface area contributed by atoms with Gasteiger partial charge in [0.25, 0.3) is 0 Å². The average Bonchev–Trinajstić information content (AvgIpc) is 2.87. The molecule has 0 bridgehead atoms. The van der Waals surface area contributed by atoms with Crippen molar-refractivity contribution in [2.75, 3.05) is 17.1 Å². The van der Waals surface area contributed by atoms with E-state index in [0.717, 1.165) is 26.2 Å². The fourth-order valence-corrected chi connectivity index (χ4v) is 5.23. The molecule has 0 aromatic heterocycles. The van der Waals surface area contributed by atoms with Crippen LogP contribution in [0.4, 0.5) is 10.1 Å². The van der Waals surface area contributed by atoms with Gasteiger partial charge in [0, 0.05) is 29.0 Å². The number of hydrogen-bond donors (Lipinski definition) is 1. The van der Waals surface area contributed by atoms with Gasteiger partial charge in [-0.05, 0) is 56.2 Å². The first-order valence-corrected chi connectivity index (χ1v) is 15.1. The van der Waals surface area contributed by atoms with Gasteiger partial charge in [0.2, 0.25) is 21.8 Å². The summed E-state index contributed by atoms with van der Waals surface area (Å²) in [5, 5.41) is 2.86. The van der Waals surface area contributed by atoms with Crippen molar-refractivity contribution in [3.63, 3.8) is 0 Å². The third kappa shape index (κ3) is 8.37. The number of sulfonamides is 1. The maximum Gasteiger partial charge on any atom is 0.244 e. The van der Waals surface area contributed by atoms with Crippen molar-refractivity contribution in [2.24, 2.45) is 0 Å². The maximum atomic E-state index is 14.8. The van der Waals surface area contributed by atoms with Crippen molar-refractivity contribution in [1.29, 1.82) is 0 Å². The summed E-state index contributed by atoms with van der Waals surface area (Å²) in [5.41, 5.74) is 2.11. The number of rotatable bonds is 11. The normalized spacial score (nSPS) is 12.2. The Hall–Kier alpha value is -3.24. The van der Waals surface area contributed by atoms with Crippen LogP contribution in [-0.4, -0.2) is 50.0 Å². The van der Waals surface area contributed by atoms with Gasteiger partial charge in [-0.2, -0.15) is 0 Å². The average molecular weight is 619 g/mol. The van der Waals surface area contributed by atoms with E-state index in [-0.39, 0.29) is 24.6 Å². The zero-order valence-corrected chi connectivity index (χ0v) is 24.8. The van der Waals surface area contributed by atoms with E-state index >= 15 is 0 Å². The monoisotopic (exact) mass is 617 g/mol. The first-order chi connectivity index (χ1) is 18.4. The second-order valence-corrected chi connectivity index (χ2v) is 12.4. The van der Waals surface area contributed by atoms with Crippen molar-refractivity contribution < 1.29 is 22.4 Å². The molecule has 1 unspecified atom stereocenters. The summed E-state index contributed by atoms with van der Waals surface area (Å²) >= 11 is 3.41. The molecule has 0 heterocycles. The molecule has 7 nitrogen and oxygen atoms in total. The van der Waals surface area contributed by atoms with Crippen LogP contribution in [0.5, 0.6) is 0 Å². The van der Waals surface area contributed by atoms with E-state index < -0.39 is 40.2 Å². The molecule has 0 aliphatic heterocycles. The van der Waals surface area contributed by atoms with Gasteiger partial charge in [-0.1, -0.05) is 64.5 Å².